The summed E-state index contributed by atoms with van der Waals surface area (Å²) < 4.78 is 5.41. The largest absolute Gasteiger partial charge is 0.480 e. The van der Waals surface area contributed by atoms with E-state index in [1.165, 1.54) is 0 Å². The lowest BCUT2D eigenvalue weighted by molar-refractivity contribution is 0.321. The van der Waals surface area contributed by atoms with Gasteiger partial charge in [-0.2, -0.15) is 0 Å². The summed E-state index contributed by atoms with van der Waals surface area (Å²) in [6, 6.07) is 0. The van der Waals surface area contributed by atoms with Crippen LogP contribution in [0.15, 0.2) is 5.38 Å². The maximum atomic E-state index is 5.74. The fourth-order valence-electron chi connectivity index (χ4n) is 1.21. The topological polar surface area (TPSA) is 38.5 Å². The number of hydrogen-bond acceptors (Lipinski definition) is 4. The molecule has 0 radical (unpaired) electrons. The Morgan fingerprint density at radius 2 is 2.55 bits per heavy atom. The number of nitrogens with zero attached hydrogens (tertiary/aromatic N) is 1. The smallest absolute Gasteiger partial charge is 0.199 e. The van der Waals surface area contributed by atoms with Crippen LogP contribution >= 0.6 is 11.3 Å². The van der Waals surface area contributed by atoms with Gasteiger partial charge in [0.1, 0.15) is 12.3 Å². The molecule has 1 aromatic rings. The summed E-state index contributed by atoms with van der Waals surface area (Å²) in [5.74, 6) is 0. The minimum atomic E-state index is 0.767. The van der Waals surface area contributed by atoms with Crippen molar-refractivity contribution in [3.05, 3.63) is 5.38 Å². The number of rotatable bonds is 0. The fourth-order valence-corrected chi connectivity index (χ4v) is 2.09. The molecule has 0 bridgehead atoms. The van der Waals surface area contributed by atoms with Crippen LogP contribution in [0, 0.1) is 0 Å². The van der Waals surface area contributed by atoms with Crippen LogP contribution in [0.3, 0.4) is 0 Å². The second-order valence-corrected chi connectivity index (χ2v) is 3.44. The standard InChI is InChI=1S/C7H10N2OS/c1-9-2-3-10-7-6(9)5(8)4-11-7/h4H,2-3,8H2,1H3. The number of hydrogen-bond donors (Lipinski definition) is 1. The number of ether oxygens (including phenoxy) is 1. The molecule has 1 aromatic heterocycles. The van der Waals surface area contributed by atoms with Gasteiger partial charge in [0.2, 0.25) is 0 Å². The molecule has 0 aliphatic carbocycles. The molecule has 0 aromatic carbocycles. The summed E-state index contributed by atoms with van der Waals surface area (Å²) in [5, 5.41) is 2.88. The average molecular weight is 170 g/mol. The van der Waals surface area contributed by atoms with Gasteiger partial charge in [-0.3, -0.25) is 0 Å². The van der Waals surface area contributed by atoms with Crippen molar-refractivity contribution in [1.82, 2.24) is 0 Å². The third kappa shape index (κ3) is 0.939. The molecular formula is C7H10N2OS. The molecule has 0 amide bonds. The first-order chi connectivity index (χ1) is 5.29. The lowest BCUT2D eigenvalue weighted by Crippen LogP contribution is -2.28. The summed E-state index contributed by atoms with van der Waals surface area (Å²) in [6.45, 7) is 1.69. The normalized spacial score (nSPS) is 15.9. The first-order valence-corrected chi connectivity index (χ1v) is 4.38. The van der Waals surface area contributed by atoms with E-state index in [-0.39, 0.29) is 0 Å². The molecule has 2 heterocycles. The van der Waals surface area contributed by atoms with Crippen molar-refractivity contribution in [3.8, 4) is 5.06 Å². The molecule has 0 atom stereocenters. The average Bonchev–Trinajstić information content (AvgIpc) is 2.34. The molecule has 2 N–H and O–H groups in total. The van der Waals surface area contributed by atoms with E-state index < -0.39 is 0 Å². The Morgan fingerprint density at radius 1 is 1.73 bits per heavy atom. The van der Waals surface area contributed by atoms with Crippen molar-refractivity contribution in [3.63, 3.8) is 0 Å². The zero-order valence-electron chi connectivity index (χ0n) is 6.33. The molecule has 1 aliphatic heterocycles. The van der Waals surface area contributed by atoms with Crippen LogP contribution in [0.4, 0.5) is 11.4 Å². The fraction of sp³-hybridized carbons (Fsp3) is 0.429. The zero-order valence-corrected chi connectivity index (χ0v) is 7.15. The van der Waals surface area contributed by atoms with Crippen molar-refractivity contribution in [2.75, 3.05) is 30.8 Å². The molecule has 60 valence electrons. The minimum absolute atomic E-state index is 0.767. The van der Waals surface area contributed by atoms with E-state index in [1.54, 1.807) is 11.3 Å². The van der Waals surface area contributed by atoms with E-state index in [4.69, 9.17) is 10.5 Å². The summed E-state index contributed by atoms with van der Waals surface area (Å²) in [5.41, 5.74) is 7.62. The van der Waals surface area contributed by atoms with Gasteiger partial charge in [-0.05, 0) is 0 Å². The summed E-state index contributed by atoms with van der Waals surface area (Å²) >= 11 is 1.57. The van der Waals surface area contributed by atoms with Crippen LogP contribution in [-0.2, 0) is 0 Å². The van der Waals surface area contributed by atoms with Gasteiger partial charge in [0, 0.05) is 12.4 Å². The van der Waals surface area contributed by atoms with E-state index in [1.807, 2.05) is 12.4 Å². The highest BCUT2D eigenvalue weighted by molar-refractivity contribution is 7.13. The highest BCUT2D eigenvalue weighted by Gasteiger charge is 2.19. The highest BCUT2D eigenvalue weighted by Crippen LogP contribution is 2.41. The van der Waals surface area contributed by atoms with E-state index in [0.29, 0.717) is 0 Å². The Morgan fingerprint density at radius 3 is 3.27 bits per heavy atom. The van der Waals surface area contributed by atoms with Crippen LogP contribution < -0.4 is 15.4 Å². The van der Waals surface area contributed by atoms with Crippen molar-refractivity contribution in [1.29, 1.82) is 0 Å². The van der Waals surface area contributed by atoms with Crippen LogP contribution in [-0.4, -0.2) is 20.2 Å². The molecule has 0 saturated heterocycles. The Bertz CT molecular complexity index is 271. The Hall–Kier alpha value is -0.900. The summed E-state index contributed by atoms with van der Waals surface area (Å²) in [7, 11) is 2.03. The maximum absolute atomic E-state index is 5.74. The first kappa shape index (κ1) is 6.79. The zero-order chi connectivity index (χ0) is 7.84. The van der Waals surface area contributed by atoms with Crippen molar-refractivity contribution in [2.45, 2.75) is 0 Å². The molecule has 0 spiro atoms. The predicted molar refractivity (Wildman–Crippen MR) is 47.5 cm³/mol. The molecular weight excluding hydrogens is 160 g/mol. The van der Waals surface area contributed by atoms with Crippen molar-refractivity contribution < 1.29 is 4.74 Å². The van der Waals surface area contributed by atoms with Crippen LogP contribution in [0.2, 0.25) is 0 Å². The van der Waals surface area contributed by atoms with Gasteiger partial charge in [0.05, 0.1) is 12.2 Å². The van der Waals surface area contributed by atoms with Gasteiger partial charge in [-0.1, -0.05) is 0 Å². The number of anilines is 2. The highest BCUT2D eigenvalue weighted by atomic mass is 32.1. The number of nitrogens with two attached hydrogens (primary N) is 1. The summed E-state index contributed by atoms with van der Waals surface area (Å²) in [6.07, 6.45) is 0. The number of fused-ring (bicyclic) bond motifs is 1. The van der Waals surface area contributed by atoms with Gasteiger partial charge >= 0.3 is 0 Å². The molecule has 11 heavy (non-hydrogen) atoms. The number of likely N-dealkylation sites (N-methyl/N-ethyl adjacent to an activating group) is 1. The monoisotopic (exact) mass is 170 g/mol. The van der Waals surface area contributed by atoms with Crippen LogP contribution in [0.25, 0.3) is 0 Å². The second kappa shape index (κ2) is 2.30. The molecule has 0 fully saturated rings. The van der Waals surface area contributed by atoms with Crippen LogP contribution in [0.5, 0.6) is 5.06 Å². The lowest BCUT2D eigenvalue weighted by Gasteiger charge is -2.25. The van der Waals surface area contributed by atoms with E-state index in [0.717, 1.165) is 29.6 Å². The molecule has 0 unspecified atom stereocenters. The van der Waals surface area contributed by atoms with E-state index in [9.17, 15) is 0 Å². The number of thiophene rings is 1. The molecule has 1 aliphatic rings. The summed E-state index contributed by atoms with van der Waals surface area (Å²) in [4.78, 5) is 2.13. The molecule has 3 nitrogen and oxygen atoms in total. The predicted octanol–water partition coefficient (Wildman–Crippen LogP) is 1.16. The van der Waals surface area contributed by atoms with Gasteiger partial charge in [0.15, 0.2) is 5.06 Å². The Balaban J connectivity index is 2.48. The van der Waals surface area contributed by atoms with E-state index >= 15 is 0 Å². The lowest BCUT2D eigenvalue weighted by atomic mass is 10.3. The maximum Gasteiger partial charge on any atom is 0.199 e. The van der Waals surface area contributed by atoms with Crippen molar-refractivity contribution >= 4 is 22.7 Å². The second-order valence-electron chi connectivity index (χ2n) is 2.60. The minimum Gasteiger partial charge on any atom is -0.480 e. The number of nitrogen functional groups attached to an aromatic ring is 1. The Kier molecular flexibility index (Phi) is 1.42. The molecule has 0 saturated carbocycles. The van der Waals surface area contributed by atoms with Gasteiger partial charge in [0.25, 0.3) is 0 Å². The molecule has 2 rings (SSSR count). The van der Waals surface area contributed by atoms with Gasteiger partial charge in [-0.15, -0.1) is 11.3 Å². The Labute approximate surface area is 69.4 Å². The quantitative estimate of drug-likeness (QED) is 0.635. The van der Waals surface area contributed by atoms with E-state index in [2.05, 4.69) is 4.90 Å². The third-order valence-corrected chi connectivity index (χ3v) is 2.70. The molecule has 4 heteroatoms. The van der Waals surface area contributed by atoms with Crippen molar-refractivity contribution in [2.24, 2.45) is 0 Å². The first-order valence-electron chi connectivity index (χ1n) is 3.50. The SMILES string of the molecule is CN1CCOc2scc(N)c21. The van der Waals surface area contributed by atoms with Crippen LogP contribution in [0.1, 0.15) is 0 Å². The van der Waals surface area contributed by atoms with Gasteiger partial charge < -0.3 is 15.4 Å². The van der Waals surface area contributed by atoms with Gasteiger partial charge in [-0.25, -0.2) is 0 Å². The third-order valence-electron chi connectivity index (χ3n) is 1.80.